The van der Waals surface area contributed by atoms with E-state index in [0.29, 0.717) is 11.6 Å². The van der Waals surface area contributed by atoms with E-state index in [4.69, 9.17) is 4.74 Å². The normalized spacial score (nSPS) is 15.2. The van der Waals surface area contributed by atoms with Gasteiger partial charge in [-0.1, -0.05) is 29.8 Å². The van der Waals surface area contributed by atoms with Crippen LogP contribution in [0.15, 0.2) is 59.2 Å². The predicted molar refractivity (Wildman–Crippen MR) is 102 cm³/mol. The molecule has 0 saturated heterocycles. The van der Waals surface area contributed by atoms with Crippen molar-refractivity contribution < 1.29 is 9.53 Å². The van der Waals surface area contributed by atoms with E-state index in [1.165, 1.54) is 5.69 Å². The number of rotatable bonds is 5. The molecule has 0 radical (unpaired) electrons. The molecule has 1 heterocycles. The summed E-state index contributed by atoms with van der Waals surface area (Å²) in [5, 5.41) is 0. The number of aliphatic imine (C=N–C) groups is 1. The van der Waals surface area contributed by atoms with Crippen molar-refractivity contribution in [2.75, 3.05) is 18.0 Å². The average Bonchev–Trinajstić information content (AvgIpc) is 2.98. The van der Waals surface area contributed by atoms with E-state index in [1.807, 2.05) is 43.3 Å². The first-order chi connectivity index (χ1) is 12.1. The van der Waals surface area contributed by atoms with Gasteiger partial charge >= 0.3 is 5.97 Å². The van der Waals surface area contributed by atoms with Gasteiger partial charge in [-0.3, -0.25) is 0 Å². The van der Waals surface area contributed by atoms with Crippen molar-refractivity contribution in [3.8, 4) is 0 Å². The Bertz CT molecular complexity index is 831. The van der Waals surface area contributed by atoms with Gasteiger partial charge < -0.3 is 9.64 Å². The lowest BCUT2D eigenvalue weighted by atomic mass is 10.1. The molecule has 4 nitrogen and oxygen atoms in total. The molecule has 1 aliphatic rings. The van der Waals surface area contributed by atoms with Gasteiger partial charge in [0.1, 0.15) is 0 Å². The van der Waals surface area contributed by atoms with Crippen molar-refractivity contribution in [3.63, 3.8) is 0 Å². The zero-order chi connectivity index (χ0) is 17.8. The molecule has 0 unspecified atom stereocenters. The lowest BCUT2D eigenvalue weighted by Gasteiger charge is -2.20. The summed E-state index contributed by atoms with van der Waals surface area (Å²) in [6, 6.07) is 15.9. The average molecular weight is 334 g/mol. The summed E-state index contributed by atoms with van der Waals surface area (Å²) >= 11 is 0. The summed E-state index contributed by atoms with van der Waals surface area (Å²) in [5.41, 5.74) is 4.34. The van der Waals surface area contributed by atoms with E-state index in [0.717, 1.165) is 29.8 Å². The molecule has 0 fully saturated rings. The Morgan fingerprint density at radius 1 is 1.08 bits per heavy atom. The van der Waals surface area contributed by atoms with Crippen LogP contribution in [-0.4, -0.2) is 25.0 Å². The Morgan fingerprint density at radius 3 is 2.44 bits per heavy atom. The summed E-state index contributed by atoms with van der Waals surface area (Å²) in [4.78, 5) is 18.7. The predicted octanol–water partition coefficient (Wildman–Crippen LogP) is 4.19. The molecule has 2 aromatic carbocycles. The Hall–Kier alpha value is -2.88. The van der Waals surface area contributed by atoms with Gasteiger partial charge in [0.15, 0.2) is 5.70 Å². The van der Waals surface area contributed by atoms with E-state index in [-0.39, 0.29) is 0 Å². The van der Waals surface area contributed by atoms with Gasteiger partial charge in [0, 0.05) is 24.3 Å². The number of nitrogens with zero attached hydrogens (tertiary/aromatic N) is 2. The number of anilines is 1. The molecule has 0 saturated carbocycles. The molecule has 4 heteroatoms. The summed E-state index contributed by atoms with van der Waals surface area (Å²) in [5.74, 6) is -0.0518. The van der Waals surface area contributed by atoms with E-state index in [2.05, 4.69) is 35.9 Å². The van der Waals surface area contributed by atoms with Crippen molar-refractivity contribution in [1.29, 1.82) is 0 Å². The van der Waals surface area contributed by atoms with Crippen LogP contribution in [0.5, 0.6) is 0 Å². The maximum Gasteiger partial charge on any atom is 0.363 e. The highest BCUT2D eigenvalue weighted by molar-refractivity contribution is 6.12. The van der Waals surface area contributed by atoms with Crippen LogP contribution in [0.4, 0.5) is 5.69 Å². The zero-order valence-electron chi connectivity index (χ0n) is 14.8. The van der Waals surface area contributed by atoms with Gasteiger partial charge in [0.05, 0.1) is 0 Å². The third-order valence-corrected chi connectivity index (χ3v) is 4.21. The molecule has 128 valence electrons. The van der Waals surface area contributed by atoms with Gasteiger partial charge in [-0.15, -0.1) is 0 Å². The topological polar surface area (TPSA) is 41.9 Å². The van der Waals surface area contributed by atoms with Gasteiger partial charge in [-0.05, 0) is 56.7 Å². The third kappa shape index (κ3) is 3.79. The fourth-order valence-electron chi connectivity index (χ4n) is 2.84. The van der Waals surface area contributed by atoms with E-state index in [1.54, 1.807) is 6.08 Å². The summed E-state index contributed by atoms with van der Waals surface area (Å²) in [7, 11) is 0. The fraction of sp³-hybridized carbons (Fsp3) is 0.238. The van der Waals surface area contributed by atoms with Crippen molar-refractivity contribution in [1.82, 2.24) is 0 Å². The van der Waals surface area contributed by atoms with E-state index in [9.17, 15) is 4.79 Å². The molecular formula is C21H22N2O2. The zero-order valence-corrected chi connectivity index (χ0v) is 14.8. The minimum absolute atomic E-state index is 0.326. The van der Waals surface area contributed by atoms with Crippen LogP contribution in [-0.2, 0) is 9.53 Å². The minimum atomic E-state index is -0.413. The van der Waals surface area contributed by atoms with Crippen molar-refractivity contribution in [2.24, 2.45) is 4.99 Å². The number of ether oxygens (including phenoxy) is 1. The monoisotopic (exact) mass is 334 g/mol. The van der Waals surface area contributed by atoms with Gasteiger partial charge in [-0.25, -0.2) is 9.79 Å². The Balaban J connectivity index is 1.84. The smallest absolute Gasteiger partial charge is 0.363 e. The molecule has 3 rings (SSSR count). The van der Waals surface area contributed by atoms with Gasteiger partial charge in [0.25, 0.3) is 0 Å². The SMILES string of the molecule is CCN(CC)c1ccc(C=C2N=C(c3cccc(C)c3)OC2=O)cc1. The lowest BCUT2D eigenvalue weighted by molar-refractivity contribution is -0.129. The maximum atomic E-state index is 12.1. The number of carbonyl (C=O) groups is 1. The number of hydrogen-bond acceptors (Lipinski definition) is 4. The highest BCUT2D eigenvalue weighted by Gasteiger charge is 2.24. The van der Waals surface area contributed by atoms with Crippen molar-refractivity contribution in [2.45, 2.75) is 20.8 Å². The number of hydrogen-bond donors (Lipinski definition) is 0. The van der Waals surface area contributed by atoms with Crippen molar-refractivity contribution in [3.05, 3.63) is 70.9 Å². The molecule has 0 spiro atoms. The number of carbonyl (C=O) groups excluding carboxylic acids is 1. The molecule has 1 aliphatic heterocycles. The van der Waals surface area contributed by atoms with E-state index >= 15 is 0 Å². The second-order valence-corrected chi connectivity index (χ2v) is 5.97. The van der Waals surface area contributed by atoms with Crippen LogP contribution in [0.2, 0.25) is 0 Å². The summed E-state index contributed by atoms with van der Waals surface area (Å²) in [6.07, 6.45) is 1.76. The molecular weight excluding hydrogens is 312 g/mol. The maximum absolute atomic E-state index is 12.1. The Labute approximate surface area is 148 Å². The van der Waals surface area contributed by atoms with Crippen LogP contribution in [0.3, 0.4) is 0 Å². The van der Waals surface area contributed by atoms with Crippen LogP contribution < -0.4 is 4.90 Å². The standard InChI is InChI=1S/C21H22N2O2/c1-4-23(5-2)18-11-9-16(10-12-18)14-19-21(24)25-20(22-19)17-8-6-7-15(3)13-17/h6-14H,4-5H2,1-3H3. The lowest BCUT2D eigenvalue weighted by Crippen LogP contribution is -2.21. The number of aryl methyl sites for hydroxylation is 1. The Morgan fingerprint density at radius 2 is 1.80 bits per heavy atom. The third-order valence-electron chi connectivity index (χ3n) is 4.21. The first-order valence-corrected chi connectivity index (χ1v) is 8.55. The largest absolute Gasteiger partial charge is 0.402 e. The number of benzene rings is 2. The van der Waals surface area contributed by atoms with Crippen LogP contribution >= 0.6 is 0 Å². The quantitative estimate of drug-likeness (QED) is 0.608. The van der Waals surface area contributed by atoms with Gasteiger partial charge in [-0.2, -0.15) is 0 Å². The second kappa shape index (κ2) is 7.34. The molecule has 0 aromatic heterocycles. The number of esters is 1. The summed E-state index contributed by atoms with van der Waals surface area (Å²) < 4.78 is 5.32. The van der Waals surface area contributed by atoms with Crippen LogP contribution in [0.1, 0.15) is 30.5 Å². The highest BCUT2D eigenvalue weighted by atomic mass is 16.6. The highest BCUT2D eigenvalue weighted by Crippen LogP contribution is 2.21. The molecule has 2 aromatic rings. The second-order valence-electron chi connectivity index (χ2n) is 5.97. The van der Waals surface area contributed by atoms with Gasteiger partial charge in [0.2, 0.25) is 5.90 Å². The molecule has 0 N–H and O–H groups in total. The van der Waals surface area contributed by atoms with Crippen LogP contribution in [0.25, 0.3) is 6.08 Å². The van der Waals surface area contributed by atoms with E-state index < -0.39 is 5.97 Å². The molecule has 0 aliphatic carbocycles. The Kier molecular flexibility index (Phi) is 4.98. The molecule has 0 atom stereocenters. The minimum Gasteiger partial charge on any atom is -0.402 e. The first kappa shape index (κ1) is 17.0. The molecule has 25 heavy (non-hydrogen) atoms. The number of cyclic esters (lactones) is 1. The van der Waals surface area contributed by atoms with Crippen molar-refractivity contribution >= 4 is 23.6 Å². The molecule has 0 amide bonds. The first-order valence-electron chi connectivity index (χ1n) is 8.55. The summed E-state index contributed by atoms with van der Waals surface area (Å²) in [6.45, 7) is 8.20. The fourth-order valence-corrected chi connectivity index (χ4v) is 2.84. The van der Waals surface area contributed by atoms with Crippen LogP contribution in [0, 0.1) is 6.92 Å². The molecule has 0 bridgehead atoms.